The van der Waals surface area contributed by atoms with E-state index in [0.717, 1.165) is 18.4 Å². The molecule has 0 spiro atoms. The second kappa shape index (κ2) is 8.36. The number of pyridine rings is 1. The monoisotopic (exact) mass is 506 g/mol. The minimum absolute atomic E-state index is 0. The number of amides is 3. The maximum atomic E-state index is 12.9. The van der Waals surface area contributed by atoms with Crippen LogP contribution in [0.4, 0.5) is 16.3 Å². The normalized spacial score (nSPS) is 21.6. The fraction of sp³-hybridized carbons (Fsp3) is 0.300. The van der Waals surface area contributed by atoms with Gasteiger partial charge < -0.3 is 16.4 Å². The van der Waals surface area contributed by atoms with Crippen molar-refractivity contribution >= 4 is 53.4 Å². The van der Waals surface area contributed by atoms with Gasteiger partial charge >= 0.3 is 6.03 Å². The molecule has 2 fully saturated rings. The Kier molecular flexibility index (Phi) is 6.06. The van der Waals surface area contributed by atoms with Gasteiger partial charge in [0.15, 0.2) is 5.96 Å². The van der Waals surface area contributed by atoms with Gasteiger partial charge in [-0.1, -0.05) is 18.2 Å². The van der Waals surface area contributed by atoms with Gasteiger partial charge in [-0.2, -0.15) is 0 Å². The molecule has 0 bridgehead atoms. The zero-order valence-corrected chi connectivity index (χ0v) is 18.3. The van der Waals surface area contributed by atoms with Gasteiger partial charge in [0.1, 0.15) is 11.4 Å². The predicted molar refractivity (Wildman–Crippen MR) is 122 cm³/mol. The Hall–Kier alpha value is -2.69. The standard InChI is InChI=1S/C20H22N6O2.HI/c1-20(14-8-9-14)17(27)26(19(28)25-20)15-6-4-5-13(11-15)12-23-18(21)24-16-7-2-3-10-22-16;/h2-7,10-11,14H,8-9,12H2,1H3,(H,25,28)(H3,21,22,23,24);1H. The number of hydrogen-bond donors (Lipinski definition) is 3. The molecule has 1 aliphatic carbocycles. The number of urea groups is 1. The molecule has 3 amide bonds. The van der Waals surface area contributed by atoms with Crippen LogP contribution in [-0.4, -0.2) is 28.4 Å². The summed E-state index contributed by atoms with van der Waals surface area (Å²) in [6.45, 7) is 2.12. The highest BCUT2D eigenvalue weighted by Gasteiger charge is 2.56. The lowest BCUT2D eigenvalue weighted by Gasteiger charge is -2.21. The number of rotatable bonds is 5. The summed E-state index contributed by atoms with van der Waals surface area (Å²) in [7, 11) is 0. The van der Waals surface area contributed by atoms with Gasteiger partial charge in [0.2, 0.25) is 0 Å². The van der Waals surface area contributed by atoms with E-state index in [4.69, 9.17) is 5.73 Å². The zero-order valence-electron chi connectivity index (χ0n) is 16.0. The number of hydrogen-bond acceptors (Lipinski definition) is 4. The van der Waals surface area contributed by atoms with Crippen LogP contribution in [0.3, 0.4) is 0 Å². The lowest BCUT2D eigenvalue weighted by atomic mass is 9.96. The van der Waals surface area contributed by atoms with Crippen molar-refractivity contribution in [3.8, 4) is 0 Å². The van der Waals surface area contributed by atoms with Crippen LogP contribution in [0.2, 0.25) is 0 Å². The second-order valence-corrected chi connectivity index (χ2v) is 7.26. The molecule has 4 N–H and O–H groups in total. The summed E-state index contributed by atoms with van der Waals surface area (Å²) in [5.74, 6) is 0.868. The van der Waals surface area contributed by atoms with Crippen LogP contribution in [0.1, 0.15) is 25.3 Å². The van der Waals surface area contributed by atoms with Gasteiger partial charge in [-0.05, 0) is 55.5 Å². The molecule has 8 nitrogen and oxygen atoms in total. The Morgan fingerprint density at radius 3 is 2.79 bits per heavy atom. The summed E-state index contributed by atoms with van der Waals surface area (Å²) in [5.41, 5.74) is 6.48. The van der Waals surface area contributed by atoms with E-state index in [1.165, 1.54) is 4.90 Å². The number of nitrogens with one attached hydrogen (secondary N) is 2. The Morgan fingerprint density at radius 1 is 1.31 bits per heavy atom. The van der Waals surface area contributed by atoms with E-state index in [0.29, 0.717) is 18.1 Å². The van der Waals surface area contributed by atoms with Crippen molar-refractivity contribution < 1.29 is 9.59 Å². The maximum absolute atomic E-state index is 12.9. The van der Waals surface area contributed by atoms with Crippen LogP contribution in [0.25, 0.3) is 0 Å². The van der Waals surface area contributed by atoms with Crippen LogP contribution in [0, 0.1) is 5.92 Å². The first-order valence-electron chi connectivity index (χ1n) is 9.21. The molecule has 1 aromatic carbocycles. The third-order valence-electron chi connectivity index (χ3n) is 5.13. The van der Waals surface area contributed by atoms with Crippen molar-refractivity contribution in [2.45, 2.75) is 31.8 Å². The van der Waals surface area contributed by atoms with Crippen molar-refractivity contribution in [2.75, 3.05) is 10.2 Å². The van der Waals surface area contributed by atoms with Gasteiger partial charge in [-0.25, -0.2) is 19.7 Å². The van der Waals surface area contributed by atoms with Gasteiger partial charge in [0, 0.05) is 6.20 Å². The average Bonchev–Trinajstić information content (AvgIpc) is 3.50. The molecule has 1 saturated carbocycles. The van der Waals surface area contributed by atoms with Crippen LogP contribution < -0.4 is 21.3 Å². The molecule has 4 rings (SSSR count). The highest BCUT2D eigenvalue weighted by atomic mass is 127. The molecule has 152 valence electrons. The number of nitrogens with two attached hydrogens (primary N) is 1. The molecule has 1 aliphatic heterocycles. The number of halogens is 1. The molecule has 1 atom stereocenters. The molecule has 2 aliphatic rings. The van der Waals surface area contributed by atoms with Crippen LogP contribution in [0.15, 0.2) is 53.7 Å². The third-order valence-corrected chi connectivity index (χ3v) is 5.13. The predicted octanol–water partition coefficient (Wildman–Crippen LogP) is 2.85. The lowest BCUT2D eigenvalue weighted by molar-refractivity contribution is -0.122. The summed E-state index contributed by atoms with van der Waals surface area (Å²) in [6.07, 6.45) is 3.59. The first kappa shape index (κ1) is 21.0. The van der Waals surface area contributed by atoms with Crippen LogP contribution in [-0.2, 0) is 11.3 Å². The number of carbonyl (C=O) groups excluding carboxylic acids is 2. The third kappa shape index (κ3) is 4.34. The number of anilines is 2. The van der Waals surface area contributed by atoms with Crippen LogP contribution >= 0.6 is 24.0 Å². The molecule has 2 heterocycles. The molecule has 1 unspecified atom stereocenters. The molecule has 9 heteroatoms. The summed E-state index contributed by atoms with van der Waals surface area (Å²) in [6, 6.07) is 12.3. The highest BCUT2D eigenvalue weighted by molar-refractivity contribution is 14.0. The minimum Gasteiger partial charge on any atom is -0.370 e. The Labute approximate surface area is 186 Å². The lowest BCUT2D eigenvalue weighted by Crippen LogP contribution is -2.46. The molecule has 0 radical (unpaired) electrons. The molecular weight excluding hydrogens is 483 g/mol. The number of guanidine groups is 1. The summed E-state index contributed by atoms with van der Waals surface area (Å²) < 4.78 is 0. The Bertz CT molecular complexity index is 947. The Morgan fingerprint density at radius 2 is 2.10 bits per heavy atom. The molecule has 1 saturated heterocycles. The maximum Gasteiger partial charge on any atom is 0.329 e. The number of aromatic nitrogens is 1. The molecule has 2 aromatic rings. The Balaban J connectivity index is 0.00000240. The van der Waals surface area contributed by atoms with Crippen molar-refractivity contribution in [3.05, 3.63) is 54.2 Å². The van der Waals surface area contributed by atoms with Gasteiger partial charge in [0.05, 0.1) is 12.2 Å². The van der Waals surface area contributed by atoms with E-state index in [2.05, 4.69) is 20.6 Å². The summed E-state index contributed by atoms with van der Waals surface area (Å²) >= 11 is 0. The van der Waals surface area contributed by atoms with Gasteiger partial charge in [-0.3, -0.25) is 4.79 Å². The highest BCUT2D eigenvalue weighted by Crippen LogP contribution is 2.43. The minimum atomic E-state index is -0.803. The first-order valence-corrected chi connectivity index (χ1v) is 9.21. The number of carbonyl (C=O) groups is 2. The van der Waals surface area contributed by atoms with Gasteiger partial charge in [-0.15, -0.1) is 24.0 Å². The molecule has 29 heavy (non-hydrogen) atoms. The molecule has 1 aromatic heterocycles. The number of benzene rings is 1. The average molecular weight is 506 g/mol. The zero-order chi connectivity index (χ0) is 19.7. The second-order valence-electron chi connectivity index (χ2n) is 7.26. The molecular formula is C20H23IN6O2. The van der Waals surface area contributed by atoms with Crippen molar-refractivity contribution in [1.29, 1.82) is 0 Å². The van der Waals surface area contributed by atoms with E-state index in [1.807, 2.05) is 25.1 Å². The fourth-order valence-corrected chi connectivity index (χ4v) is 3.41. The smallest absolute Gasteiger partial charge is 0.329 e. The topological polar surface area (TPSA) is 113 Å². The van der Waals surface area contributed by atoms with Crippen molar-refractivity contribution in [2.24, 2.45) is 16.6 Å². The quantitative estimate of drug-likeness (QED) is 0.250. The first-order chi connectivity index (χ1) is 13.5. The number of nitrogens with zero attached hydrogens (tertiary/aromatic N) is 3. The van der Waals surface area contributed by atoms with Crippen molar-refractivity contribution in [3.63, 3.8) is 0 Å². The van der Waals surface area contributed by atoms with Crippen molar-refractivity contribution in [1.82, 2.24) is 10.3 Å². The summed E-state index contributed by atoms with van der Waals surface area (Å²) in [5, 5.41) is 5.77. The van der Waals surface area contributed by atoms with E-state index >= 15 is 0 Å². The fourth-order valence-electron chi connectivity index (χ4n) is 3.41. The van der Waals surface area contributed by atoms with E-state index < -0.39 is 5.54 Å². The number of aliphatic imine (C=N–C) groups is 1. The SMILES string of the molecule is CC1(C2CC2)NC(=O)N(c2cccc(CN=C(N)Nc3ccccn3)c2)C1=O.I. The van der Waals surface area contributed by atoms with E-state index in [-0.39, 0.29) is 47.8 Å². The van der Waals surface area contributed by atoms with E-state index in [9.17, 15) is 9.59 Å². The number of imide groups is 1. The van der Waals surface area contributed by atoms with E-state index in [1.54, 1.807) is 30.5 Å². The summed E-state index contributed by atoms with van der Waals surface area (Å²) in [4.78, 5) is 35.0. The van der Waals surface area contributed by atoms with Gasteiger partial charge in [0.25, 0.3) is 5.91 Å². The largest absolute Gasteiger partial charge is 0.370 e. The van der Waals surface area contributed by atoms with Crippen LogP contribution in [0.5, 0.6) is 0 Å².